The van der Waals surface area contributed by atoms with Crippen molar-refractivity contribution in [1.82, 2.24) is 16.0 Å². The van der Waals surface area contributed by atoms with Gasteiger partial charge in [0.25, 0.3) is 0 Å². The Morgan fingerprint density at radius 1 is 1.45 bits per heavy atom. The number of nitrogens with one attached hydrogen (secondary N) is 3. The molecule has 0 spiro atoms. The second-order valence-electron chi connectivity index (χ2n) is 5.99. The maximum Gasteiger partial charge on any atom is 0.405 e. The number of hydrogen-bond donors (Lipinski definition) is 4. The number of rotatable bonds is 8. The largest absolute Gasteiger partial charge is 0.465 e. The third kappa shape index (κ3) is 5.75. The first-order valence-corrected chi connectivity index (χ1v) is 7.53. The molecule has 0 aliphatic carbocycles. The first-order valence-electron chi connectivity index (χ1n) is 7.53. The molecule has 22 heavy (non-hydrogen) atoms. The summed E-state index contributed by atoms with van der Waals surface area (Å²) < 4.78 is 0. The van der Waals surface area contributed by atoms with Crippen molar-refractivity contribution in [1.29, 1.82) is 0 Å². The van der Waals surface area contributed by atoms with E-state index in [1.54, 1.807) is 6.08 Å². The third-order valence-electron chi connectivity index (χ3n) is 3.63. The summed E-state index contributed by atoms with van der Waals surface area (Å²) in [6.07, 6.45) is 1.97. The van der Waals surface area contributed by atoms with Gasteiger partial charge in [0.05, 0.1) is 0 Å². The molecule has 124 valence electrons. The Morgan fingerprint density at radius 2 is 2.14 bits per heavy atom. The third-order valence-corrected chi connectivity index (χ3v) is 3.63. The number of carboxylic acid groups (broad SMARTS) is 1. The lowest BCUT2D eigenvalue weighted by atomic mass is 9.97. The summed E-state index contributed by atoms with van der Waals surface area (Å²) in [5.41, 5.74) is 0. The molecule has 3 amide bonds. The lowest BCUT2D eigenvalue weighted by Gasteiger charge is -2.23. The molecule has 1 aliphatic rings. The molecule has 0 saturated carbocycles. The van der Waals surface area contributed by atoms with Gasteiger partial charge < -0.3 is 21.1 Å². The van der Waals surface area contributed by atoms with E-state index in [1.807, 2.05) is 13.8 Å². The standard InChI is InChI=1S/C15H25N3O4/c1-4-11(8-10-5-6-16-13(10)19)17-14(20)12(7-9(2)3)18-15(21)22/h4,9-12,18H,1,5-8H2,2-3H3,(H,16,19)(H,17,20)(H,21,22). The fraction of sp³-hybridized carbons (Fsp3) is 0.667. The molecule has 1 aliphatic heterocycles. The first-order chi connectivity index (χ1) is 10.3. The molecule has 1 saturated heterocycles. The van der Waals surface area contributed by atoms with Crippen LogP contribution in [-0.2, 0) is 9.59 Å². The Hall–Kier alpha value is -2.05. The highest BCUT2D eigenvalue weighted by atomic mass is 16.4. The van der Waals surface area contributed by atoms with E-state index in [9.17, 15) is 14.4 Å². The van der Waals surface area contributed by atoms with Crippen LogP contribution in [0.4, 0.5) is 4.79 Å². The van der Waals surface area contributed by atoms with E-state index in [1.165, 1.54) is 0 Å². The van der Waals surface area contributed by atoms with Crippen molar-refractivity contribution in [3.63, 3.8) is 0 Å². The van der Waals surface area contributed by atoms with Gasteiger partial charge in [-0.05, 0) is 25.2 Å². The number of hydrogen-bond acceptors (Lipinski definition) is 3. The number of carbonyl (C=O) groups is 3. The van der Waals surface area contributed by atoms with Gasteiger partial charge in [-0.3, -0.25) is 9.59 Å². The molecule has 0 aromatic rings. The van der Waals surface area contributed by atoms with Crippen LogP contribution in [0.25, 0.3) is 0 Å². The second kappa shape index (κ2) is 8.41. The summed E-state index contributed by atoms with van der Waals surface area (Å²) >= 11 is 0. The van der Waals surface area contributed by atoms with Gasteiger partial charge in [0.1, 0.15) is 6.04 Å². The fourth-order valence-electron chi connectivity index (χ4n) is 2.53. The van der Waals surface area contributed by atoms with Crippen molar-refractivity contribution < 1.29 is 19.5 Å². The van der Waals surface area contributed by atoms with E-state index in [2.05, 4.69) is 22.5 Å². The lowest BCUT2D eigenvalue weighted by molar-refractivity contribution is -0.125. The molecule has 7 nitrogen and oxygen atoms in total. The molecule has 4 N–H and O–H groups in total. The average molecular weight is 311 g/mol. The predicted molar refractivity (Wildman–Crippen MR) is 82.3 cm³/mol. The van der Waals surface area contributed by atoms with Crippen molar-refractivity contribution in [2.24, 2.45) is 11.8 Å². The second-order valence-corrected chi connectivity index (χ2v) is 5.99. The first kappa shape index (κ1) is 18.0. The van der Waals surface area contributed by atoms with Crippen molar-refractivity contribution >= 4 is 17.9 Å². The van der Waals surface area contributed by atoms with Crippen LogP contribution in [-0.4, -0.2) is 41.6 Å². The van der Waals surface area contributed by atoms with Crippen LogP contribution < -0.4 is 16.0 Å². The van der Waals surface area contributed by atoms with Crippen LogP contribution in [0.3, 0.4) is 0 Å². The topological polar surface area (TPSA) is 108 Å². The van der Waals surface area contributed by atoms with Crippen molar-refractivity contribution in [2.75, 3.05) is 6.54 Å². The highest BCUT2D eigenvalue weighted by Crippen LogP contribution is 2.17. The molecule has 0 aromatic heterocycles. The van der Waals surface area contributed by atoms with E-state index in [4.69, 9.17) is 5.11 Å². The van der Waals surface area contributed by atoms with Gasteiger partial charge in [0.15, 0.2) is 0 Å². The summed E-state index contributed by atoms with van der Waals surface area (Å²) in [7, 11) is 0. The molecule has 1 rings (SSSR count). The van der Waals surface area contributed by atoms with Crippen molar-refractivity contribution in [2.45, 2.75) is 45.2 Å². The highest BCUT2D eigenvalue weighted by Gasteiger charge is 2.28. The van der Waals surface area contributed by atoms with Gasteiger partial charge >= 0.3 is 6.09 Å². The molecular weight excluding hydrogens is 286 g/mol. The minimum absolute atomic E-state index is 0.0107. The zero-order chi connectivity index (χ0) is 16.7. The number of amides is 3. The van der Waals surface area contributed by atoms with Crippen molar-refractivity contribution in [3.05, 3.63) is 12.7 Å². The summed E-state index contributed by atoms with van der Waals surface area (Å²) in [5, 5.41) is 16.6. The van der Waals surface area contributed by atoms with Crippen LogP contribution in [0.5, 0.6) is 0 Å². The van der Waals surface area contributed by atoms with Gasteiger partial charge in [-0.2, -0.15) is 0 Å². The minimum Gasteiger partial charge on any atom is -0.465 e. The maximum absolute atomic E-state index is 12.3. The zero-order valence-electron chi connectivity index (χ0n) is 13.1. The average Bonchev–Trinajstić information content (AvgIpc) is 2.81. The van der Waals surface area contributed by atoms with Gasteiger partial charge in [-0.1, -0.05) is 19.9 Å². The van der Waals surface area contributed by atoms with Gasteiger partial charge in [0.2, 0.25) is 11.8 Å². The molecule has 7 heteroatoms. The van der Waals surface area contributed by atoms with E-state index < -0.39 is 12.1 Å². The van der Waals surface area contributed by atoms with E-state index in [0.29, 0.717) is 19.4 Å². The van der Waals surface area contributed by atoms with Crippen LogP contribution in [0, 0.1) is 11.8 Å². The normalized spacial score (nSPS) is 20.1. The summed E-state index contributed by atoms with van der Waals surface area (Å²) in [5.74, 6) is -0.368. The Kier molecular flexibility index (Phi) is 6.88. The fourth-order valence-corrected chi connectivity index (χ4v) is 2.53. The van der Waals surface area contributed by atoms with Crippen molar-refractivity contribution in [3.8, 4) is 0 Å². The monoisotopic (exact) mass is 311 g/mol. The summed E-state index contributed by atoms with van der Waals surface area (Å²) in [6.45, 7) is 8.16. The molecule has 1 heterocycles. The predicted octanol–water partition coefficient (Wildman–Crippen LogP) is 0.866. The molecule has 0 aromatic carbocycles. The number of carbonyl (C=O) groups excluding carboxylic acids is 2. The Bertz CT molecular complexity index is 437. The van der Waals surface area contributed by atoms with E-state index in [0.717, 1.165) is 6.42 Å². The molecular formula is C15H25N3O4. The summed E-state index contributed by atoms with van der Waals surface area (Å²) in [4.78, 5) is 34.7. The zero-order valence-corrected chi connectivity index (χ0v) is 13.1. The molecule has 0 radical (unpaired) electrons. The van der Waals surface area contributed by atoms with Crippen LogP contribution in [0.15, 0.2) is 12.7 Å². The van der Waals surface area contributed by atoms with Crippen LogP contribution >= 0.6 is 0 Å². The van der Waals surface area contributed by atoms with Crippen LogP contribution in [0.1, 0.15) is 33.1 Å². The Labute approximate surface area is 130 Å². The Morgan fingerprint density at radius 3 is 2.59 bits per heavy atom. The molecule has 3 atom stereocenters. The minimum atomic E-state index is -1.23. The van der Waals surface area contributed by atoms with Crippen LogP contribution in [0.2, 0.25) is 0 Å². The molecule has 1 fully saturated rings. The smallest absolute Gasteiger partial charge is 0.405 e. The highest BCUT2D eigenvalue weighted by molar-refractivity contribution is 5.86. The SMILES string of the molecule is C=CC(CC1CCNC1=O)NC(=O)C(CC(C)C)NC(=O)O. The molecule has 3 unspecified atom stereocenters. The van der Waals surface area contributed by atoms with E-state index in [-0.39, 0.29) is 29.7 Å². The van der Waals surface area contributed by atoms with E-state index >= 15 is 0 Å². The Balaban J connectivity index is 2.61. The quantitative estimate of drug-likeness (QED) is 0.499. The van der Waals surface area contributed by atoms with Gasteiger partial charge in [-0.25, -0.2) is 4.79 Å². The maximum atomic E-state index is 12.3. The van der Waals surface area contributed by atoms with Gasteiger partial charge in [0, 0.05) is 18.5 Å². The summed E-state index contributed by atoms with van der Waals surface area (Å²) in [6, 6.07) is -1.16. The van der Waals surface area contributed by atoms with Gasteiger partial charge in [-0.15, -0.1) is 6.58 Å². The lowest BCUT2D eigenvalue weighted by Crippen LogP contribution is -2.50. The molecule has 0 bridgehead atoms.